The number of nitrogens with two attached hydrogens (primary N) is 1. The van der Waals surface area contributed by atoms with E-state index in [9.17, 15) is 9.59 Å². The summed E-state index contributed by atoms with van der Waals surface area (Å²) in [5.74, 6) is -0.453. The number of rotatable bonds is 1. The van der Waals surface area contributed by atoms with Gasteiger partial charge in [0.1, 0.15) is 0 Å². The lowest BCUT2D eigenvalue weighted by Crippen LogP contribution is -2.33. The van der Waals surface area contributed by atoms with Crippen LogP contribution in [0.1, 0.15) is 20.3 Å². The van der Waals surface area contributed by atoms with Crippen LogP contribution < -0.4 is 10.6 Å². The van der Waals surface area contributed by atoms with Gasteiger partial charge in [-0.15, -0.1) is 0 Å². The van der Waals surface area contributed by atoms with E-state index in [4.69, 9.17) is 17.3 Å². The highest BCUT2D eigenvalue weighted by molar-refractivity contribution is 6.31. The average Bonchev–Trinajstić information content (AvgIpc) is 2.39. The summed E-state index contributed by atoms with van der Waals surface area (Å²) in [5, 5.41) is 0.476. The van der Waals surface area contributed by atoms with E-state index in [-0.39, 0.29) is 18.2 Å². The molecule has 1 fully saturated rings. The Bertz CT molecular complexity index is 511. The summed E-state index contributed by atoms with van der Waals surface area (Å²) in [6.07, 6.45) is 0.202. The molecule has 0 radical (unpaired) electrons. The van der Waals surface area contributed by atoms with Crippen LogP contribution in [-0.4, -0.2) is 11.8 Å². The van der Waals surface area contributed by atoms with Crippen LogP contribution in [0.5, 0.6) is 0 Å². The Balaban J connectivity index is 2.48. The fourth-order valence-electron chi connectivity index (χ4n) is 1.92. The molecule has 1 heterocycles. The first-order valence-corrected chi connectivity index (χ1v) is 5.63. The summed E-state index contributed by atoms with van der Waals surface area (Å²) < 4.78 is 0. The third-order valence-corrected chi connectivity index (χ3v) is 3.09. The van der Waals surface area contributed by atoms with Crippen molar-refractivity contribution < 1.29 is 9.59 Å². The molecule has 0 atom stereocenters. The van der Waals surface area contributed by atoms with Crippen molar-refractivity contribution >= 4 is 34.8 Å². The summed E-state index contributed by atoms with van der Waals surface area (Å²) >= 11 is 5.78. The highest BCUT2D eigenvalue weighted by Crippen LogP contribution is 2.37. The van der Waals surface area contributed by atoms with Crippen molar-refractivity contribution in [1.82, 2.24) is 0 Å². The first-order valence-electron chi connectivity index (χ1n) is 5.25. The van der Waals surface area contributed by atoms with Gasteiger partial charge in [-0.05, 0) is 18.2 Å². The second-order valence-electron chi connectivity index (χ2n) is 4.80. The fraction of sp³-hybridized carbons (Fsp3) is 0.333. The smallest absolute Gasteiger partial charge is 0.240 e. The molecular formula is C12H13ClN2O2. The van der Waals surface area contributed by atoms with Crippen molar-refractivity contribution in [3.8, 4) is 0 Å². The number of carbonyl (C=O) groups is 2. The molecule has 1 aromatic rings. The van der Waals surface area contributed by atoms with E-state index in [1.54, 1.807) is 26.0 Å². The van der Waals surface area contributed by atoms with E-state index in [0.29, 0.717) is 16.4 Å². The van der Waals surface area contributed by atoms with E-state index in [0.717, 1.165) is 4.90 Å². The molecule has 0 aromatic heterocycles. The quantitative estimate of drug-likeness (QED) is 0.616. The Morgan fingerprint density at radius 2 is 2.00 bits per heavy atom. The predicted octanol–water partition coefficient (Wildman–Crippen LogP) is 2.21. The van der Waals surface area contributed by atoms with E-state index < -0.39 is 5.41 Å². The van der Waals surface area contributed by atoms with Gasteiger partial charge < -0.3 is 5.73 Å². The maximum absolute atomic E-state index is 12.1. The molecule has 1 aromatic carbocycles. The number of amides is 2. The molecular weight excluding hydrogens is 240 g/mol. The van der Waals surface area contributed by atoms with Gasteiger partial charge in [0, 0.05) is 11.4 Å². The molecule has 2 rings (SSSR count). The summed E-state index contributed by atoms with van der Waals surface area (Å²) in [4.78, 5) is 25.1. The molecule has 17 heavy (non-hydrogen) atoms. The lowest BCUT2D eigenvalue weighted by molar-refractivity contribution is -0.124. The minimum atomic E-state index is -0.664. The Morgan fingerprint density at radius 1 is 1.35 bits per heavy atom. The summed E-state index contributed by atoms with van der Waals surface area (Å²) in [7, 11) is 0. The molecule has 90 valence electrons. The van der Waals surface area contributed by atoms with Crippen LogP contribution >= 0.6 is 11.6 Å². The summed E-state index contributed by atoms with van der Waals surface area (Å²) in [5.41, 5.74) is 5.86. The molecule has 0 spiro atoms. The SMILES string of the molecule is CC1(C)CC(=O)N(c2ccc(Cl)cc2N)C1=O. The van der Waals surface area contributed by atoms with E-state index in [2.05, 4.69) is 0 Å². The molecule has 5 heteroatoms. The second-order valence-corrected chi connectivity index (χ2v) is 5.23. The van der Waals surface area contributed by atoms with Gasteiger partial charge in [-0.2, -0.15) is 0 Å². The molecule has 0 aliphatic carbocycles. The summed E-state index contributed by atoms with van der Waals surface area (Å²) in [6, 6.07) is 4.73. The van der Waals surface area contributed by atoms with Crippen molar-refractivity contribution in [2.24, 2.45) is 5.41 Å². The molecule has 4 nitrogen and oxygen atoms in total. The Kier molecular flexibility index (Phi) is 2.62. The lowest BCUT2D eigenvalue weighted by atomic mass is 9.92. The molecule has 2 N–H and O–H groups in total. The van der Waals surface area contributed by atoms with Gasteiger partial charge in [0.25, 0.3) is 0 Å². The number of hydrogen-bond acceptors (Lipinski definition) is 3. The summed E-state index contributed by atoms with van der Waals surface area (Å²) in [6.45, 7) is 3.50. The zero-order valence-electron chi connectivity index (χ0n) is 9.66. The minimum absolute atomic E-state index is 0.202. The fourth-order valence-corrected chi connectivity index (χ4v) is 2.10. The van der Waals surface area contributed by atoms with Gasteiger partial charge in [0.15, 0.2) is 0 Å². The number of hydrogen-bond donors (Lipinski definition) is 1. The first kappa shape index (κ1) is 11.9. The number of anilines is 2. The Morgan fingerprint density at radius 3 is 2.47 bits per heavy atom. The predicted molar refractivity (Wildman–Crippen MR) is 66.8 cm³/mol. The van der Waals surface area contributed by atoms with Gasteiger partial charge in [-0.3, -0.25) is 9.59 Å². The number of nitrogens with zero attached hydrogens (tertiary/aromatic N) is 1. The number of benzene rings is 1. The van der Waals surface area contributed by atoms with Crippen LogP contribution in [0.2, 0.25) is 5.02 Å². The number of carbonyl (C=O) groups excluding carboxylic acids is 2. The molecule has 0 unspecified atom stereocenters. The standard InChI is InChI=1S/C12H13ClN2O2/c1-12(2)6-10(16)15(11(12)17)9-4-3-7(13)5-8(9)14/h3-5H,6,14H2,1-2H3. The van der Waals surface area contributed by atoms with E-state index in [1.807, 2.05) is 0 Å². The van der Waals surface area contributed by atoms with Gasteiger partial charge >= 0.3 is 0 Å². The van der Waals surface area contributed by atoms with Crippen molar-refractivity contribution in [1.29, 1.82) is 0 Å². The van der Waals surface area contributed by atoms with E-state index in [1.165, 1.54) is 6.07 Å². The lowest BCUT2D eigenvalue weighted by Gasteiger charge is -2.19. The molecule has 0 saturated carbocycles. The second kappa shape index (κ2) is 3.74. The Hall–Kier alpha value is -1.55. The van der Waals surface area contributed by atoms with Crippen LogP contribution in [0, 0.1) is 5.41 Å². The maximum atomic E-state index is 12.1. The number of halogens is 1. The zero-order valence-corrected chi connectivity index (χ0v) is 10.4. The van der Waals surface area contributed by atoms with Crippen molar-refractivity contribution in [2.45, 2.75) is 20.3 Å². The molecule has 1 aliphatic rings. The van der Waals surface area contributed by atoms with Crippen LogP contribution in [-0.2, 0) is 9.59 Å². The third kappa shape index (κ3) is 1.89. The minimum Gasteiger partial charge on any atom is -0.397 e. The normalized spacial score (nSPS) is 18.9. The van der Waals surface area contributed by atoms with Crippen molar-refractivity contribution in [2.75, 3.05) is 10.6 Å². The van der Waals surface area contributed by atoms with Crippen LogP contribution in [0.4, 0.5) is 11.4 Å². The molecule has 0 bridgehead atoms. The average molecular weight is 253 g/mol. The number of imide groups is 1. The van der Waals surface area contributed by atoms with Crippen LogP contribution in [0.15, 0.2) is 18.2 Å². The van der Waals surface area contributed by atoms with Crippen molar-refractivity contribution in [3.63, 3.8) is 0 Å². The van der Waals surface area contributed by atoms with Gasteiger partial charge in [0.2, 0.25) is 11.8 Å². The van der Waals surface area contributed by atoms with Crippen molar-refractivity contribution in [3.05, 3.63) is 23.2 Å². The third-order valence-electron chi connectivity index (χ3n) is 2.86. The van der Waals surface area contributed by atoms with E-state index >= 15 is 0 Å². The highest BCUT2D eigenvalue weighted by atomic mass is 35.5. The van der Waals surface area contributed by atoms with Gasteiger partial charge in [0.05, 0.1) is 16.8 Å². The van der Waals surface area contributed by atoms with Gasteiger partial charge in [-0.1, -0.05) is 25.4 Å². The number of nitrogen functional groups attached to an aromatic ring is 1. The zero-order chi connectivity index (χ0) is 12.8. The first-order chi connectivity index (χ1) is 7.83. The maximum Gasteiger partial charge on any atom is 0.240 e. The van der Waals surface area contributed by atoms with Crippen LogP contribution in [0.25, 0.3) is 0 Å². The van der Waals surface area contributed by atoms with Crippen LogP contribution in [0.3, 0.4) is 0 Å². The molecule has 1 aliphatic heterocycles. The monoisotopic (exact) mass is 252 g/mol. The molecule has 1 saturated heterocycles. The van der Waals surface area contributed by atoms with Gasteiger partial charge in [-0.25, -0.2) is 4.90 Å². The highest BCUT2D eigenvalue weighted by Gasteiger charge is 2.45. The Labute approximate surface area is 104 Å². The molecule has 2 amide bonds. The topological polar surface area (TPSA) is 63.4 Å². The largest absolute Gasteiger partial charge is 0.397 e.